The third-order valence-corrected chi connectivity index (χ3v) is 8.08. The lowest BCUT2D eigenvalue weighted by atomic mass is 9.94. The molecule has 0 radical (unpaired) electrons. The van der Waals surface area contributed by atoms with E-state index >= 15 is 4.39 Å². The lowest BCUT2D eigenvalue weighted by Crippen LogP contribution is -2.50. The van der Waals surface area contributed by atoms with Gasteiger partial charge < -0.3 is 10.1 Å². The molecule has 0 saturated carbocycles. The Kier molecular flexibility index (Phi) is 7.03. The van der Waals surface area contributed by atoms with Gasteiger partial charge in [-0.1, -0.05) is 0 Å². The number of amides is 1. The number of halogens is 4. The highest BCUT2D eigenvalue weighted by molar-refractivity contribution is 8.24. The molecule has 1 aliphatic rings. The summed E-state index contributed by atoms with van der Waals surface area (Å²) in [6.07, 6.45) is 1.17. The number of alkyl halides is 2. The summed E-state index contributed by atoms with van der Waals surface area (Å²) in [6, 6.07) is 2.38. The molecule has 0 atom stereocenters. The number of ether oxygens (including phenoxy) is 1. The predicted octanol–water partition coefficient (Wildman–Crippen LogP) is 4.68. The van der Waals surface area contributed by atoms with E-state index in [4.69, 9.17) is 0 Å². The molecule has 0 spiro atoms. The van der Waals surface area contributed by atoms with Crippen LogP contribution >= 0.6 is 10.6 Å². The van der Waals surface area contributed by atoms with Crippen LogP contribution in [0.4, 0.5) is 17.6 Å². The second kappa shape index (κ2) is 9.65. The SMILES string of the molecule is CC(C)n1c(=O)n(-c2cc(OC(F)F)ncc2F)c2cc(F)c(C(=O)NC3(C)CCS(O)(O)CC3)cc21. The summed E-state index contributed by atoms with van der Waals surface area (Å²) >= 11 is 0. The van der Waals surface area contributed by atoms with E-state index in [-0.39, 0.29) is 40.9 Å². The van der Waals surface area contributed by atoms with E-state index in [1.807, 2.05) is 0 Å². The molecule has 4 rings (SSSR count). The maximum absolute atomic E-state index is 15.3. The van der Waals surface area contributed by atoms with E-state index in [0.717, 1.165) is 16.7 Å². The topological polar surface area (TPSA) is 119 Å². The van der Waals surface area contributed by atoms with Gasteiger partial charge in [0.15, 0.2) is 5.82 Å². The van der Waals surface area contributed by atoms with Crippen molar-refractivity contribution in [2.75, 3.05) is 11.5 Å². The average molecular weight is 547 g/mol. The van der Waals surface area contributed by atoms with Crippen LogP contribution in [0.1, 0.15) is 50.0 Å². The lowest BCUT2D eigenvalue weighted by Gasteiger charge is -2.44. The van der Waals surface area contributed by atoms with Crippen molar-refractivity contribution in [3.05, 3.63) is 52.1 Å². The van der Waals surface area contributed by atoms with E-state index < -0.39 is 63.6 Å². The van der Waals surface area contributed by atoms with Crippen molar-refractivity contribution in [2.24, 2.45) is 0 Å². The monoisotopic (exact) mass is 546 g/mol. The average Bonchev–Trinajstić information content (AvgIpc) is 3.07. The van der Waals surface area contributed by atoms with Crippen LogP contribution in [0, 0.1) is 11.6 Å². The van der Waals surface area contributed by atoms with E-state index in [1.165, 1.54) is 10.6 Å². The molecule has 1 aliphatic heterocycles. The first-order chi connectivity index (χ1) is 17.2. The molecule has 202 valence electrons. The molecular weight excluding hydrogens is 520 g/mol. The van der Waals surface area contributed by atoms with Crippen LogP contribution in [-0.2, 0) is 0 Å². The van der Waals surface area contributed by atoms with Crippen molar-refractivity contribution in [2.45, 2.75) is 51.8 Å². The quantitative estimate of drug-likeness (QED) is 0.387. The Morgan fingerprint density at radius 1 is 1.14 bits per heavy atom. The first-order valence-electron chi connectivity index (χ1n) is 11.3. The molecule has 3 aromatic rings. The molecule has 0 bridgehead atoms. The van der Waals surface area contributed by atoms with Crippen LogP contribution in [0.25, 0.3) is 16.7 Å². The Balaban J connectivity index is 1.81. The second-order valence-electron chi connectivity index (χ2n) is 9.48. The first kappa shape index (κ1) is 26.9. The zero-order chi connectivity index (χ0) is 27.3. The Morgan fingerprint density at radius 3 is 2.38 bits per heavy atom. The lowest BCUT2D eigenvalue weighted by molar-refractivity contribution is -0.0529. The fourth-order valence-corrected chi connectivity index (χ4v) is 6.11. The molecule has 1 amide bonds. The maximum Gasteiger partial charge on any atom is 0.388 e. The van der Waals surface area contributed by atoms with Crippen molar-refractivity contribution < 1.29 is 36.2 Å². The number of nitrogens with one attached hydrogen (secondary N) is 1. The number of hydrogen-bond donors (Lipinski definition) is 3. The van der Waals surface area contributed by atoms with Gasteiger partial charge in [-0.05, 0) is 39.7 Å². The van der Waals surface area contributed by atoms with Gasteiger partial charge in [-0.2, -0.15) is 19.4 Å². The van der Waals surface area contributed by atoms with Gasteiger partial charge in [0, 0.05) is 35.2 Å². The number of imidazole rings is 1. The summed E-state index contributed by atoms with van der Waals surface area (Å²) < 4.78 is 81.3. The van der Waals surface area contributed by atoms with Crippen LogP contribution in [0.3, 0.4) is 0 Å². The first-order valence-corrected chi connectivity index (χ1v) is 13.2. The standard InChI is InChI=1S/C23H26F4N4O5S/c1-12(2)30-17-8-13(20(32)29-23(3)4-6-37(34,35)7-5-23)14(24)9-18(17)31(22(30)33)16-10-19(36-21(26)27)28-11-15(16)25/h8-12,21,34-35H,4-7H2,1-3H3,(H,29,32). The number of nitrogens with zero attached hydrogens (tertiary/aromatic N) is 3. The normalized spacial score (nSPS) is 17.8. The number of rotatable bonds is 6. The Hall–Kier alpha value is -3.10. The van der Waals surface area contributed by atoms with Crippen LogP contribution in [0.5, 0.6) is 5.88 Å². The summed E-state index contributed by atoms with van der Waals surface area (Å²) in [7, 11) is -2.70. The van der Waals surface area contributed by atoms with E-state index in [1.54, 1.807) is 20.8 Å². The number of aromatic nitrogens is 3. The fourth-order valence-electron chi connectivity index (χ4n) is 4.35. The largest absolute Gasteiger partial charge is 0.417 e. The highest BCUT2D eigenvalue weighted by Gasteiger charge is 2.35. The molecule has 14 heteroatoms. The highest BCUT2D eigenvalue weighted by Crippen LogP contribution is 2.47. The van der Waals surface area contributed by atoms with Gasteiger partial charge in [0.2, 0.25) is 5.88 Å². The molecule has 3 N–H and O–H groups in total. The summed E-state index contributed by atoms with van der Waals surface area (Å²) in [4.78, 5) is 29.8. The van der Waals surface area contributed by atoms with E-state index in [9.17, 15) is 31.9 Å². The molecule has 0 unspecified atom stereocenters. The number of pyridine rings is 1. The van der Waals surface area contributed by atoms with E-state index in [2.05, 4.69) is 15.0 Å². The number of benzene rings is 1. The maximum atomic E-state index is 15.3. The fraction of sp³-hybridized carbons (Fsp3) is 0.435. The summed E-state index contributed by atoms with van der Waals surface area (Å²) in [5.74, 6) is -3.23. The molecular formula is C23H26F4N4O5S. The van der Waals surface area contributed by atoms with E-state index in [0.29, 0.717) is 6.20 Å². The smallest absolute Gasteiger partial charge is 0.388 e. The van der Waals surface area contributed by atoms with Crippen LogP contribution in [0.15, 0.2) is 29.2 Å². The highest BCUT2D eigenvalue weighted by atomic mass is 32.3. The van der Waals surface area contributed by atoms with Gasteiger partial charge >= 0.3 is 12.3 Å². The van der Waals surface area contributed by atoms with Crippen LogP contribution in [-0.4, -0.2) is 52.8 Å². The van der Waals surface area contributed by atoms with Crippen LogP contribution < -0.4 is 15.7 Å². The third-order valence-electron chi connectivity index (χ3n) is 6.36. The summed E-state index contributed by atoms with van der Waals surface area (Å²) in [5, 5.41) is 2.75. The Labute approximate surface area is 210 Å². The molecule has 9 nitrogen and oxygen atoms in total. The Morgan fingerprint density at radius 2 is 1.78 bits per heavy atom. The minimum Gasteiger partial charge on any atom is -0.417 e. The molecule has 2 aromatic heterocycles. The molecule has 0 aliphatic carbocycles. The molecule has 37 heavy (non-hydrogen) atoms. The van der Waals surface area contributed by atoms with Crippen molar-refractivity contribution in [1.29, 1.82) is 0 Å². The number of carbonyl (C=O) groups is 1. The van der Waals surface area contributed by atoms with Crippen molar-refractivity contribution in [3.8, 4) is 11.6 Å². The van der Waals surface area contributed by atoms with Gasteiger partial charge in [-0.25, -0.2) is 18.6 Å². The molecule has 1 saturated heterocycles. The molecule has 1 aromatic carbocycles. The number of fused-ring (bicyclic) bond motifs is 1. The van der Waals surface area contributed by atoms with Crippen molar-refractivity contribution >= 4 is 27.5 Å². The zero-order valence-corrected chi connectivity index (χ0v) is 21.0. The van der Waals surface area contributed by atoms with Gasteiger partial charge in [-0.15, -0.1) is 0 Å². The summed E-state index contributed by atoms with van der Waals surface area (Å²) in [6.45, 7) is 1.80. The minimum absolute atomic E-state index is 0.0985. The Bertz CT molecular complexity index is 1410. The molecule has 3 heterocycles. The van der Waals surface area contributed by atoms with Crippen molar-refractivity contribution in [1.82, 2.24) is 19.4 Å². The van der Waals surface area contributed by atoms with Gasteiger partial charge in [0.25, 0.3) is 5.91 Å². The van der Waals surface area contributed by atoms with Gasteiger partial charge in [0.05, 0.1) is 28.5 Å². The number of hydrogen-bond acceptors (Lipinski definition) is 6. The van der Waals surface area contributed by atoms with Crippen LogP contribution in [0.2, 0.25) is 0 Å². The third kappa shape index (κ3) is 5.31. The zero-order valence-electron chi connectivity index (χ0n) is 20.2. The van der Waals surface area contributed by atoms with Gasteiger partial charge in [0.1, 0.15) is 5.82 Å². The second-order valence-corrected chi connectivity index (χ2v) is 11.9. The summed E-state index contributed by atoms with van der Waals surface area (Å²) in [5.41, 5.74) is -2.43. The number of carbonyl (C=O) groups excluding carboxylic acids is 1. The molecule has 1 fully saturated rings. The predicted molar refractivity (Wildman–Crippen MR) is 130 cm³/mol. The van der Waals surface area contributed by atoms with Crippen molar-refractivity contribution in [3.63, 3.8) is 0 Å². The minimum atomic E-state index is -3.24. The van der Waals surface area contributed by atoms with Gasteiger partial charge in [-0.3, -0.25) is 23.0 Å².